The number of piperazine rings is 1. The molecular formula is C20H30IN7O2S. The van der Waals surface area contributed by atoms with Gasteiger partial charge in [-0.1, -0.05) is 30.3 Å². The van der Waals surface area contributed by atoms with E-state index in [1.165, 1.54) is 0 Å². The van der Waals surface area contributed by atoms with Gasteiger partial charge in [0.15, 0.2) is 5.96 Å². The van der Waals surface area contributed by atoms with Crippen LogP contribution in [0.25, 0.3) is 0 Å². The van der Waals surface area contributed by atoms with Gasteiger partial charge < -0.3 is 15.1 Å². The van der Waals surface area contributed by atoms with Crippen LogP contribution in [0.1, 0.15) is 12.5 Å². The number of sulfonamides is 1. The van der Waals surface area contributed by atoms with Gasteiger partial charge in [-0.3, -0.25) is 4.99 Å². The van der Waals surface area contributed by atoms with Gasteiger partial charge in [-0.05, 0) is 18.6 Å². The van der Waals surface area contributed by atoms with Gasteiger partial charge in [0.1, 0.15) is 0 Å². The SMILES string of the molecule is CCNC(=NCCS(=O)(=O)NCc1ccccc1)N1CCN(c2ncccn2)CC1.I. The molecule has 2 heterocycles. The monoisotopic (exact) mass is 559 g/mol. The minimum absolute atomic E-state index is 0. The normalized spacial score (nSPS) is 14.8. The number of guanidine groups is 1. The van der Waals surface area contributed by atoms with Crippen molar-refractivity contribution in [3.63, 3.8) is 0 Å². The molecule has 1 aliphatic rings. The van der Waals surface area contributed by atoms with Crippen LogP contribution in [0.4, 0.5) is 5.95 Å². The van der Waals surface area contributed by atoms with E-state index in [4.69, 9.17) is 0 Å². The molecule has 0 bridgehead atoms. The standard InChI is InChI=1S/C20H29N7O2S.HI/c1-2-21-19(26-12-14-27(15-13-26)20-22-9-6-10-23-20)24-11-16-30(28,29)25-17-18-7-4-3-5-8-18;/h3-10,25H,2,11-17H2,1H3,(H,21,24);1H. The molecule has 11 heteroatoms. The Hall–Kier alpha value is -1.99. The maximum absolute atomic E-state index is 12.3. The summed E-state index contributed by atoms with van der Waals surface area (Å²) in [5.41, 5.74) is 0.929. The van der Waals surface area contributed by atoms with Crippen LogP contribution in [0.3, 0.4) is 0 Å². The highest BCUT2D eigenvalue weighted by Crippen LogP contribution is 2.10. The number of nitrogens with zero attached hydrogens (tertiary/aromatic N) is 5. The smallest absolute Gasteiger partial charge is 0.225 e. The van der Waals surface area contributed by atoms with E-state index < -0.39 is 10.0 Å². The van der Waals surface area contributed by atoms with Crippen molar-refractivity contribution in [1.29, 1.82) is 0 Å². The molecule has 1 saturated heterocycles. The van der Waals surface area contributed by atoms with E-state index in [2.05, 4.69) is 34.8 Å². The van der Waals surface area contributed by atoms with Gasteiger partial charge in [-0.25, -0.2) is 23.1 Å². The number of nitrogens with one attached hydrogen (secondary N) is 2. The molecule has 1 aromatic carbocycles. The number of aliphatic imine (C=N–C) groups is 1. The predicted molar refractivity (Wildman–Crippen MR) is 134 cm³/mol. The molecule has 1 aliphatic heterocycles. The molecule has 31 heavy (non-hydrogen) atoms. The molecule has 0 amide bonds. The molecule has 0 unspecified atom stereocenters. The summed E-state index contributed by atoms with van der Waals surface area (Å²) in [6.07, 6.45) is 3.49. The second-order valence-corrected chi connectivity index (χ2v) is 8.81. The van der Waals surface area contributed by atoms with E-state index in [-0.39, 0.29) is 42.8 Å². The van der Waals surface area contributed by atoms with Gasteiger partial charge in [-0.2, -0.15) is 0 Å². The molecule has 1 fully saturated rings. The highest BCUT2D eigenvalue weighted by Gasteiger charge is 2.21. The highest BCUT2D eigenvalue weighted by molar-refractivity contribution is 14.0. The molecular weight excluding hydrogens is 529 g/mol. The third-order valence-electron chi connectivity index (χ3n) is 4.71. The highest BCUT2D eigenvalue weighted by atomic mass is 127. The fourth-order valence-corrected chi connectivity index (χ4v) is 3.99. The molecule has 3 rings (SSSR count). The van der Waals surface area contributed by atoms with Crippen LogP contribution in [0.5, 0.6) is 0 Å². The fraction of sp³-hybridized carbons (Fsp3) is 0.450. The Kier molecular flexibility index (Phi) is 10.4. The van der Waals surface area contributed by atoms with Crippen LogP contribution >= 0.6 is 24.0 Å². The Morgan fingerprint density at radius 1 is 1.06 bits per heavy atom. The number of benzene rings is 1. The average molecular weight is 559 g/mol. The fourth-order valence-electron chi connectivity index (χ4n) is 3.13. The molecule has 0 spiro atoms. The summed E-state index contributed by atoms with van der Waals surface area (Å²) in [6, 6.07) is 11.3. The third-order valence-corrected chi connectivity index (χ3v) is 6.01. The van der Waals surface area contributed by atoms with Crippen molar-refractivity contribution in [2.75, 3.05) is 49.9 Å². The first kappa shape index (κ1) is 25.3. The van der Waals surface area contributed by atoms with Gasteiger partial charge in [0.25, 0.3) is 0 Å². The Labute approximate surface area is 201 Å². The first-order chi connectivity index (χ1) is 14.6. The lowest BCUT2D eigenvalue weighted by atomic mass is 10.2. The molecule has 9 nitrogen and oxygen atoms in total. The number of rotatable bonds is 8. The minimum atomic E-state index is -3.39. The Morgan fingerprint density at radius 2 is 1.74 bits per heavy atom. The van der Waals surface area contributed by atoms with Crippen molar-refractivity contribution >= 4 is 45.9 Å². The number of aromatic nitrogens is 2. The zero-order valence-corrected chi connectivity index (χ0v) is 20.8. The second kappa shape index (κ2) is 12.8. The molecule has 2 N–H and O–H groups in total. The van der Waals surface area contributed by atoms with Crippen molar-refractivity contribution < 1.29 is 8.42 Å². The number of anilines is 1. The molecule has 0 aliphatic carbocycles. The topological polar surface area (TPSA) is 103 Å². The van der Waals surface area contributed by atoms with E-state index in [1.54, 1.807) is 18.5 Å². The molecule has 0 atom stereocenters. The maximum atomic E-state index is 12.3. The Bertz CT molecular complexity index is 906. The lowest BCUT2D eigenvalue weighted by molar-refractivity contribution is 0.370. The Morgan fingerprint density at radius 3 is 2.39 bits per heavy atom. The quantitative estimate of drug-likeness (QED) is 0.286. The Balaban J connectivity index is 0.00000341. The molecule has 170 valence electrons. The van der Waals surface area contributed by atoms with Crippen molar-refractivity contribution in [2.45, 2.75) is 13.5 Å². The average Bonchev–Trinajstić information content (AvgIpc) is 2.79. The third kappa shape index (κ3) is 8.22. The van der Waals surface area contributed by atoms with Crippen molar-refractivity contribution in [2.24, 2.45) is 4.99 Å². The summed E-state index contributed by atoms with van der Waals surface area (Å²) in [7, 11) is -3.39. The van der Waals surface area contributed by atoms with E-state index in [1.807, 2.05) is 37.3 Å². The van der Waals surface area contributed by atoms with Crippen LogP contribution in [-0.2, 0) is 16.6 Å². The zero-order valence-electron chi connectivity index (χ0n) is 17.6. The van der Waals surface area contributed by atoms with Crippen LogP contribution < -0.4 is 14.9 Å². The summed E-state index contributed by atoms with van der Waals surface area (Å²) in [5, 5.41) is 3.26. The number of halogens is 1. The van der Waals surface area contributed by atoms with E-state index in [0.717, 1.165) is 50.2 Å². The predicted octanol–water partition coefficient (Wildman–Crippen LogP) is 1.30. The van der Waals surface area contributed by atoms with Crippen molar-refractivity contribution in [3.05, 3.63) is 54.4 Å². The second-order valence-electron chi connectivity index (χ2n) is 6.88. The molecule has 0 saturated carbocycles. The summed E-state index contributed by atoms with van der Waals surface area (Å²) in [6.45, 7) is 6.31. The lowest BCUT2D eigenvalue weighted by Crippen LogP contribution is -2.53. The first-order valence-electron chi connectivity index (χ1n) is 10.1. The summed E-state index contributed by atoms with van der Waals surface area (Å²) in [5.74, 6) is 1.42. The summed E-state index contributed by atoms with van der Waals surface area (Å²) < 4.78 is 27.2. The molecule has 2 aromatic rings. The van der Waals surface area contributed by atoms with E-state index in [0.29, 0.717) is 0 Å². The first-order valence-corrected chi connectivity index (χ1v) is 11.8. The van der Waals surface area contributed by atoms with E-state index in [9.17, 15) is 8.42 Å². The largest absolute Gasteiger partial charge is 0.357 e. The van der Waals surface area contributed by atoms with Crippen LogP contribution in [0, 0.1) is 0 Å². The van der Waals surface area contributed by atoms with Gasteiger partial charge in [-0.15, -0.1) is 24.0 Å². The van der Waals surface area contributed by atoms with Crippen LogP contribution in [-0.4, -0.2) is 74.3 Å². The van der Waals surface area contributed by atoms with Crippen molar-refractivity contribution in [3.8, 4) is 0 Å². The number of hydrogen-bond donors (Lipinski definition) is 2. The minimum Gasteiger partial charge on any atom is -0.357 e. The van der Waals surface area contributed by atoms with Crippen molar-refractivity contribution in [1.82, 2.24) is 24.9 Å². The zero-order chi connectivity index (χ0) is 21.2. The molecule has 0 radical (unpaired) electrons. The van der Waals surface area contributed by atoms with Gasteiger partial charge in [0, 0.05) is 51.7 Å². The summed E-state index contributed by atoms with van der Waals surface area (Å²) >= 11 is 0. The van der Waals surface area contributed by atoms with Gasteiger partial charge >= 0.3 is 0 Å². The van der Waals surface area contributed by atoms with Gasteiger partial charge in [0.05, 0.1) is 12.3 Å². The summed E-state index contributed by atoms with van der Waals surface area (Å²) in [4.78, 5) is 17.4. The van der Waals surface area contributed by atoms with Crippen LogP contribution in [0.2, 0.25) is 0 Å². The van der Waals surface area contributed by atoms with E-state index >= 15 is 0 Å². The van der Waals surface area contributed by atoms with Crippen LogP contribution in [0.15, 0.2) is 53.8 Å². The lowest BCUT2D eigenvalue weighted by Gasteiger charge is -2.36. The molecule has 1 aromatic heterocycles. The number of hydrogen-bond acceptors (Lipinski definition) is 6. The maximum Gasteiger partial charge on any atom is 0.225 e. The van der Waals surface area contributed by atoms with Gasteiger partial charge in [0.2, 0.25) is 16.0 Å².